The smallest absolute Gasteiger partial charge is 0.216 e. The van der Waals surface area contributed by atoms with Gasteiger partial charge in [-0.1, -0.05) is 0 Å². The van der Waals surface area contributed by atoms with Gasteiger partial charge in [0.1, 0.15) is 5.75 Å². The molecule has 1 aromatic rings. The molecule has 0 saturated heterocycles. The Morgan fingerprint density at radius 2 is 1.85 bits per heavy atom. The number of rotatable bonds is 9. The summed E-state index contributed by atoms with van der Waals surface area (Å²) in [6.45, 7) is 5.65. The predicted molar refractivity (Wildman–Crippen MR) is 78.1 cm³/mol. The molecule has 110 valence electrons. The van der Waals surface area contributed by atoms with E-state index in [4.69, 9.17) is 4.74 Å². The van der Waals surface area contributed by atoms with Gasteiger partial charge in [0.25, 0.3) is 0 Å². The minimum absolute atomic E-state index is 0.0320. The van der Waals surface area contributed by atoms with Gasteiger partial charge in [0.15, 0.2) is 5.78 Å². The van der Waals surface area contributed by atoms with E-state index < -0.39 is 0 Å². The fourth-order valence-electron chi connectivity index (χ4n) is 1.69. The number of ketones is 1. The molecule has 1 amide bonds. The van der Waals surface area contributed by atoms with E-state index in [2.05, 4.69) is 10.6 Å². The first-order chi connectivity index (χ1) is 9.63. The molecular formula is C15H22N2O3. The van der Waals surface area contributed by atoms with Crippen LogP contribution in [0.5, 0.6) is 5.75 Å². The Bertz CT molecular complexity index is 429. The lowest BCUT2D eigenvalue weighted by Crippen LogP contribution is -2.28. The quantitative estimate of drug-likeness (QED) is 0.529. The highest BCUT2D eigenvalue weighted by molar-refractivity contribution is 5.97. The summed E-state index contributed by atoms with van der Waals surface area (Å²) in [5.74, 6) is 0.787. The molecule has 0 atom stereocenters. The molecule has 0 spiro atoms. The lowest BCUT2D eigenvalue weighted by molar-refractivity contribution is -0.118. The maximum absolute atomic E-state index is 11.9. The SMILES string of the molecule is CCOc1ccc(C(=O)CNCCCNC(C)=O)cc1. The Kier molecular flexibility index (Phi) is 7.35. The molecule has 1 rings (SSSR count). The van der Waals surface area contributed by atoms with Gasteiger partial charge in [-0.25, -0.2) is 0 Å². The van der Waals surface area contributed by atoms with Crippen LogP contribution in [0.3, 0.4) is 0 Å². The van der Waals surface area contributed by atoms with Crippen molar-refractivity contribution in [3.63, 3.8) is 0 Å². The average molecular weight is 278 g/mol. The van der Waals surface area contributed by atoms with Crippen LogP contribution < -0.4 is 15.4 Å². The number of Topliss-reactive ketones (excluding diaryl/α,β-unsaturated/α-hetero) is 1. The van der Waals surface area contributed by atoms with Crippen LogP contribution in [0, 0.1) is 0 Å². The molecule has 5 nitrogen and oxygen atoms in total. The Morgan fingerprint density at radius 1 is 1.15 bits per heavy atom. The number of ether oxygens (including phenoxy) is 1. The number of carbonyl (C=O) groups is 2. The first-order valence-corrected chi connectivity index (χ1v) is 6.84. The van der Waals surface area contributed by atoms with Gasteiger partial charge in [-0.15, -0.1) is 0 Å². The minimum atomic E-state index is -0.0320. The number of benzene rings is 1. The third kappa shape index (κ3) is 6.33. The largest absolute Gasteiger partial charge is 0.494 e. The van der Waals surface area contributed by atoms with Crippen LogP contribution in [0.1, 0.15) is 30.6 Å². The molecule has 0 heterocycles. The van der Waals surface area contributed by atoms with Crippen molar-refractivity contribution in [2.45, 2.75) is 20.3 Å². The number of hydrogen-bond donors (Lipinski definition) is 2. The molecule has 0 aromatic heterocycles. The van der Waals surface area contributed by atoms with Crippen LogP contribution in [0.4, 0.5) is 0 Å². The Balaban J connectivity index is 2.23. The molecule has 0 aliphatic rings. The summed E-state index contributed by atoms with van der Waals surface area (Å²) >= 11 is 0. The molecule has 5 heteroatoms. The lowest BCUT2D eigenvalue weighted by Gasteiger charge is -2.06. The van der Waals surface area contributed by atoms with Gasteiger partial charge >= 0.3 is 0 Å². The van der Waals surface area contributed by atoms with Crippen LogP contribution in [-0.2, 0) is 4.79 Å². The molecule has 0 saturated carbocycles. The third-order valence-corrected chi connectivity index (χ3v) is 2.68. The van der Waals surface area contributed by atoms with Crippen molar-refractivity contribution in [2.75, 3.05) is 26.2 Å². The highest BCUT2D eigenvalue weighted by Gasteiger charge is 2.05. The van der Waals surface area contributed by atoms with Crippen molar-refractivity contribution in [3.8, 4) is 5.75 Å². The Hall–Kier alpha value is -1.88. The standard InChI is InChI=1S/C15H22N2O3/c1-3-20-14-7-5-13(6-8-14)15(19)11-16-9-4-10-17-12(2)18/h5-8,16H,3-4,9-11H2,1-2H3,(H,17,18). The molecule has 2 N–H and O–H groups in total. The second kappa shape index (κ2) is 9.09. The fraction of sp³-hybridized carbons (Fsp3) is 0.467. The van der Waals surface area contributed by atoms with Crippen LogP contribution in [-0.4, -0.2) is 37.9 Å². The molecule has 0 bridgehead atoms. The molecule has 0 radical (unpaired) electrons. The van der Waals surface area contributed by atoms with Gasteiger partial charge in [-0.2, -0.15) is 0 Å². The maximum Gasteiger partial charge on any atom is 0.216 e. The van der Waals surface area contributed by atoms with Gasteiger partial charge in [0, 0.05) is 19.0 Å². The number of hydrogen-bond acceptors (Lipinski definition) is 4. The molecule has 0 unspecified atom stereocenters. The van der Waals surface area contributed by atoms with E-state index >= 15 is 0 Å². The summed E-state index contributed by atoms with van der Waals surface area (Å²) in [6.07, 6.45) is 0.802. The van der Waals surface area contributed by atoms with Gasteiger partial charge < -0.3 is 15.4 Å². The van der Waals surface area contributed by atoms with E-state index in [0.29, 0.717) is 31.8 Å². The first-order valence-electron chi connectivity index (χ1n) is 6.84. The highest BCUT2D eigenvalue weighted by Crippen LogP contribution is 2.12. The fourth-order valence-corrected chi connectivity index (χ4v) is 1.69. The Morgan fingerprint density at radius 3 is 2.45 bits per heavy atom. The normalized spacial score (nSPS) is 10.1. The molecule has 20 heavy (non-hydrogen) atoms. The molecular weight excluding hydrogens is 256 g/mol. The Labute approximate surface area is 119 Å². The second-order valence-corrected chi connectivity index (χ2v) is 4.39. The van der Waals surface area contributed by atoms with Crippen molar-refractivity contribution in [1.29, 1.82) is 0 Å². The zero-order valence-corrected chi connectivity index (χ0v) is 12.1. The molecule has 1 aromatic carbocycles. The monoisotopic (exact) mass is 278 g/mol. The van der Waals surface area contributed by atoms with Gasteiger partial charge in [-0.05, 0) is 44.2 Å². The third-order valence-electron chi connectivity index (χ3n) is 2.68. The maximum atomic E-state index is 11.9. The highest BCUT2D eigenvalue weighted by atomic mass is 16.5. The van der Waals surface area contributed by atoms with Crippen LogP contribution in [0.25, 0.3) is 0 Å². The topological polar surface area (TPSA) is 67.4 Å². The van der Waals surface area contributed by atoms with Gasteiger partial charge in [-0.3, -0.25) is 9.59 Å². The summed E-state index contributed by atoms with van der Waals surface area (Å²) < 4.78 is 5.32. The van der Waals surface area contributed by atoms with E-state index in [-0.39, 0.29) is 11.7 Å². The zero-order chi connectivity index (χ0) is 14.8. The van der Waals surface area contributed by atoms with E-state index in [0.717, 1.165) is 12.2 Å². The van der Waals surface area contributed by atoms with Crippen LogP contribution in [0.15, 0.2) is 24.3 Å². The summed E-state index contributed by atoms with van der Waals surface area (Å²) in [6, 6.07) is 7.14. The molecule has 0 aliphatic carbocycles. The van der Waals surface area contributed by atoms with Crippen LogP contribution in [0.2, 0.25) is 0 Å². The molecule has 0 aliphatic heterocycles. The van der Waals surface area contributed by atoms with Gasteiger partial charge in [0.2, 0.25) is 5.91 Å². The van der Waals surface area contributed by atoms with Crippen molar-refractivity contribution in [1.82, 2.24) is 10.6 Å². The van der Waals surface area contributed by atoms with Crippen LogP contribution >= 0.6 is 0 Å². The average Bonchev–Trinajstić information content (AvgIpc) is 2.43. The van der Waals surface area contributed by atoms with Crippen molar-refractivity contribution in [3.05, 3.63) is 29.8 Å². The number of carbonyl (C=O) groups excluding carboxylic acids is 2. The minimum Gasteiger partial charge on any atom is -0.494 e. The zero-order valence-electron chi connectivity index (χ0n) is 12.1. The van der Waals surface area contributed by atoms with E-state index in [1.54, 1.807) is 24.3 Å². The summed E-state index contributed by atoms with van der Waals surface area (Å²) in [5, 5.41) is 5.77. The summed E-state index contributed by atoms with van der Waals surface area (Å²) in [7, 11) is 0. The number of nitrogens with one attached hydrogen (secondary N) is 2. The van der Waals surface area contributed by atoms with E-state index in [1.807, 2.05) is 6.92 Å². The van der Waals surface area contributed by atoms with Crippen molar-refractivity contribution < 1.29 is 14.3 Å². The summed E-state index contributed by atoms with van der Waals surface area (Å²) in [4.78, 5) is 22.5. The van der Waals surface area contributed by atoms with E-state index in [1.165, 1.54) is 6.92 Å². The first kappa shape index (κ1) is 16.2. The van der Waals surface area contributed by atoms with Gasteiger partial charge in [0.05, 0.1) is 13.2 Å². The predicted octanol–water partition coefficient (Wildman–Crippen LogP) is 1.38. The van der Waals surface area contributed by atoms with Crippen molar-refractivity contribution in [2.24, 2.45) is 0 Å². The van der Waals surface area contributed by atoms with Crippen molar-refractivity contribution >= 4 is 11.7 Å². The lowest BCUT2D eigenvalue weighted by atomic mass is 10.1. The van der Waals surface area contributed by atoms with E-state index in [9.17, 15) is 9.59 Å². The summed E-state index contributed by atoms with van der Waals surface area (Å²) in [5.41, 5.74) is 0.669. The second-order valence-electron chi connectivity index (χ2n) is 4.39. The molecule has 0 fully saturated rings. The number of amides is 1.